The van der Waals surface area contributed by atoms with Crippen LogP contribution >= 0.6 is 11.6 Å². The lowest BCUT2D eigenvalue weighted by atomic mass is 9.76. The summed E-state index contributed by atoms with van der Waals surface area (Å²) in [4.78, 5) is 27.1. The number of halogens is 1. The first-order chi connectivity index (χ1) is 14.9. The van der Waals surface area contributed by atoms with E-state index < -0.39 is 17.7 Å². The van der Waals surface area contributed by atoms with Crippen LogP contribution in [0.2, 0.25) is 5.02 Å². The molecule has 164 valence electrons. The Balaban J connectivity index is 1.41. The summed E-state index contributed by atoms with van der Waals surface area (Å²) in [5, 5.41) is 13.9. The van der Waals surface area contributed by atoms with Crippen molar-refractivity contribution in [2.24, 2.45) is 0 Å². The number of imide groups is 1. The number of amides is 3. The highest BCUT2D eigenvalue weighted by Gasteiger charge is 2.54. The van der Waals surface area contributed by atoms with Crippen molar-refractivity contribution in [3.63, 3.8) is 0 Å². The molecule has 2 N–H and O–H groups in total. The van der Waals surface area contributed by atoms with E-state index in [9.17, 15) is 14.7 Å². The third-order valence-corrected chi connectivity index (χ3v) is 6.08. The first kappa shape index (κ1) is 21.6. The van der Waals surface area contributed by atoms with Crippen molar-refractivity contribution >= 4 is 23.5 Å². The van der Waals surface area contributed by atoms with Crippen LogP contribution in [-0.2, 0) is 28.1 Å². The number of aliphatic hydroxyl groups excluding tert-OH is 1. The van der Waals surface area contributed by atoms with Crippen LogP contribution < -0.4 is 10.1 Å². The number of nitrogens with one attached hydrogen (secondary N) is 1. The van der Waals surface area contributed by atoms with Gasteiger partial charge in [0.25, 0.3) is 5.91 Å². The van der Waals surface area contributed by atoms with Gasteiger partial charge < -0.3 is 19.9 Å². The summed E-state index contributed by atoms with van der Waals surface area (Å²) in [6.45, 7) is 0.173. The molecule has 2 aromatic carbocycles. The molecule has 2 aromatic rings. The van der Waals surface area contributed by atoms with Gasteiger partial charge in [0.1, 0.15) is 11.3 Å². The normalized spacial score (nSPS) is 21.2. The zero-order valence-corrected chi connectivity index (χ0v) is 18.0. The zero-order valence-electron chi connectivity index (χ0n) is 17.3. The van der Waals surface area contributed by atoms with Gasteiger partial charge in [-0.05, 0) is 60.2 Å². The number of benzene rings is 2. The third-order valence-electron chi connectivity index (χ3n) is 5.83. The molecule has 7 nitrogen and oxygen atoms in total. The number of carbonyl (C=O) groups is 2. The molecule has 31 heavy (non-hydrogen) atoms. The maximum absolute atomic E-state index is 13.3. The first-order valence-electron chi connectivity index (χ1n) is 10.2. The molecule has 0 aromatic heterocycles. The van der Waals surface area contributed by atoms with Gasteiger partial charge in [0.15, 0.2) is 0 Å². The van der Waals surface area contributed by atoms with Gasteiger partial charge in [0.2, 0.25) is 0 Å². The minimum Gasteiger partial charge on any atom is -0.497 e. The number of urea groups is 1. The topological polar surface area (TPSA) is 88.1 Å². The molecule has 0 saturated carbocycles. The predicted molar refractivity (Wildman–Crippen MR) is 115 cm³/mol. The number of ether oxygens (including phenoxy) is 2. The Morgan fingerprint density at radius 1 is 1.23 bits per heavy atom. The number of methoxy groups -OCH3 is 1. The summed E-state index contributed by atoms with van der Waals surface area (Å²) in [5.41, 5.74) is 1.63. The van der Waals surface area contributed by atoms with Gasteiger partial charge in [-0.1, -0.05) is 29.8 Å². The molecule has 0 unspecified atom stereocenters. The van der Waals surface area contributed by atoms with Crippen LogP contribution in [0.3, 0.4) is 0 Å². The highest BCUT2D eigenvalue weighted by atomic mass is 35.5. The highest BCUT2D eigenvalue weighted by Crippen LogP contribution is 2.41. The van der Waals surface area contributed by atoms with Gasteiger partial charge in [0, 0.05) is 5.02 Å². The molecule has 1 aliphatic heterocycles. The van der Waals surface area contributed by atoms with Gasteiger partial charge in [-0.3, -0.25) is 9.69 Å². The minimum atomic E-state index is -1.08. The highest BCUT2D eigenvalue weighted by molar-refractivity contribution is 6.30. The lowest BCUT2D eigenvalue weighted by molar-refractivity contribution is -0.133. The molecule has 1 fully saturated rings. The van der Waals surface area contributed by atoms with Crippen molar-refractivity contribution < 1.29 is 24.2 Å². The predicted octanol–water partition coefficient (Wildman–Crippen LogP) is 3.01. The number of hydrogen-bond donors (Lipinski definition) is 2. The van der Waals surface area contributed by atoms with Crippen molar-refractivity contribution in [3.8, 4) is 5.75 Å². The van der Waals surface area contributed by atoms with E-state index in [0.29, 0.717) is 18.1 Å². The van der Waals surface area contributed by atoms with Crippen LogP contribution in [0.1, 0.15) is 29.5 Å². The number of β-amino-alcohol motifs (C(OH)–C–C–N with tert-alkyl or cyclic N) is 1. The number of nitrogens with zero attached hydrogens (tertiary/aromatic N) is 1. The lowest BCUT2D eigenvalue weighted by Crippen LogP contribution is -2.47. The fraction of sp³-hybridized carbons (Fsp3) is 0.391. The molecule has 0 radical (unpaired) electrons. The molecule has 2 atom stereocenters. The second kappa shape index (κ2) is 8.86. The molecule has 3 amide bonds. The van der Waals surface area contributed by atoms with Crippen LogP contribution in [-0.4, -0.2) is 48.3 Å². The van der Waals surface area contributed by atoms with Crippen LogP contribution in [0.5, 0.6) is 5.75 Å². The number of rotatable bonds is 7. The summed E-state index contributed by atoms with van der Waals surface area (Å²) in [6, 6.07) is 12.3. The smallest absolute Gasteiger partial charge is 0.325 e. The summed E-state index contributed by atoms with van der Waals surface area (Å²) in [7, 11) is 1.60. The molecule has 1 aliphatic carbocycles. The number of hydrogen-bond acceptors (Lipinski definition) is 5. The number of fused-ring (bicyclic) bond motifs is 2. The maximum atomic E-state index is 13.3. The van der Waals surface area contributed by atoms with Crippen molar-refractivity contribution in [3.05, 3.63) is 64.2 Å². The second-order valence-corrected chi connectivity index (χ2v) is 8.36. The average molecular weight is 445 g/mol. The number of carbonyl (C=O) groups excluding carboxylic acids is 2. The minimum absolute atomic E-state index is 0.000469. The summed E-state index contributed by atoms with van der Waals surface area (Å²) in [5.74, 6) is 0.387. The van der Waals surface area contributed by atoms with E-state index >= 15 is 0 Å². The summed E-state index contributed by atoms with van der Waals surface area (Å²) >= 11 is 5.86. The van der Waals surface area contributed by atoms with Gasteiger partial charge in [-0.15, -0.1) is 0 Å². The maximum Gasteiger partial charge on any atom is 0.325 e. The van der Waals surface area contributed by atoms with Gasteiger partial charge in [-0.25, -0.2) is 4.79 Å². The van der Waals surface area contributed by atoms with Crippen LogP contribution in [0.4, 0.5) is 4.79 Å². The lowest BCUT2D eigenvalue weighted by Gasteiger charge is -2.33. The molecule has 1 heterocycles. The number of aliphatic hydroxyl groups is 1. The van der Waals surface area contributed by atoms with Gasteiger partial charge in [-0.2, -0.15) is 0 Å². The second-order valence-electron chi connectivity index (χ2n) is 7.92. The van der Waals surface area contributed by atoms with E-state index in [1.54, 1.807) is 25.3 Å². The van der Waals surface area contributed by atoms with E-state index in [1.807, 2.05) is 24.3 Å². The van der Waals surface area contributed by atoms with E-state index in [-0.39, 0.29) is 19.1 Å². The van der Waals surface area contributed by atoms with Gasteiger partial charge in [0.05, 0.1) is 33.0 Å². The Bertz CT molecular complexity index is 980. The largest absolute Gasteiger partial charge is 0.497 e. The fourth-order valence-corrected chi connectivity index (χ4v) is 4.43. The standard InChI is InChI=1S/C23H25ClN2O5/c1-30-19-8-9-20-16(11-19)3-2-10-23(20)21(28)26(22(29)25-23)12-18(27)14-31-13-15-4-6-17(24)7-5-15/h4-9,11,18,27H,2-3,10,12-14H2,1H3,(H,25,29)/t18-,23-/m1/s1. The summed E-state index contributed by atoms with van der Waals surface area (Å²) in [6.07, 6.45) is 1.12. The van der Waals surface area contributed by atoms with Crippen molar-refractivity contribution in [1.82, 2.24) is 10.2 Å². The molecular formula is C23H25ClN2O5. The molecule has 1 spiro atoms. The van der Waals surface area contributed by atoms with Gasteiger partial charge >= 0.3 is 6.03 Å². The molecule has 2 aliphatic rings. The molecule has 1 saturated heterocycles. The molecule has 0 bridgehead atoms. The zero-order chi connectivity index (χ0) is 22.0. The van der Waals surface area contributed by atoms with E-state index in [1.165, 1.54) is 0 Å². The monoisotopic (exact) mass is 444 g/mol. The summed E-state index contributed by atoms with van der Waals surface area (Å²) < 4.78 is 10.8. The van der Waals surface area contributed by atoms with Crippen LogP contribution in [0.25, 0.3) is 0 Å². The van der Waals surface area contributed by atoms with Crippen molar-refractivity contribution in [2.75, 3.05) is 20.3 Å². The first-order valence-corrected chi connectivity index (χ1v) is 10.6. The SMILES string of the molecule is COc1ccc2c(c1)CCC[C@@]21NC(=O)N(C[C@@H](O)COCc2ccc(Cl)cc2)C1=O. The number of aryl methyl sites for hydroxylation is 1. The Morgan fingerprint density at radius 3 is 2.74 bits per heavy atom. The molecule has 4 rings (SSSR count). The van der Waals surface area contributed by atoms with Crippen LogP contribution in [0, 0.1) is 0 Å². The Morgan fingerprint density at radius 2 is 2.00 bits per heavy atom. The van der Waals surface area contributed by atoms with Crippen molar-refractivity contribution in [1.29, 1.82) is 0 Å². The Kier molecular flexibility index (Phi) is 6.18. The fourth-order valence-electron chi connectivity index (χ4n) is 4.30. The van der Waals surface area contributed by atoms with E-state index in [4.69, 9.17) is 21.1 Å². The average Bonchev–Trinajstić information content (AvgIpc) is 2.99. The third kappa shape index (κ3) is 4.26. The Labute approximate surface area is 185 Å². The van der Waals surface area contributed by atoms with Crippen molar-refractivity contribution in [2.45, 2.75) is 37.5 Å². The van der Waals surface area contributed by atoms with E-state index in [2.05, 4.69) is 5.32 Å². The van der Waals surface area contributed by atoms with E-state index in [0.717, 1.165) is 40.2 Å². The molecule has 8 heteroatoms. The molecular weight excluding hydrogens is 420 g/mol. The Hall–Kier alpha value is -2.61. The quantitative estimate of drug-likeness (QED) is 0.641. The van der Waals surface area contributed by atoms with Crippen LogP contribution in [0.15, 0.2) is 42.5 Å².